The number of allylic oxidation sites excluding steroid dienone is 14. The van der Waals surface area contributed by atoms with Gasteiger partial charge >= 0.3 is 17.9 Å². The second kappa shape index (κ2) is 51.2. The van der Waals surface area contributed by atoms with Gasteiger partial charge in [-0.3, -0.25) is 14.4 Å². The van der Waals surface area contributed by atoms with Crippen LogP contribution in [0.1, 0.15) is 239 Å². The smallest absolute Gasteiger partial charge is 0.306 e. The van der Waals surface area contributed by atoms with Gasteiger partial charge in [-0.1, -0.05) is 209 Å². The largest absolute Gasteiger partial charge is 0.462 e. The summed E-state index contributed by atoms with van der Waals surface area (Å²) in [6.45, 7) is 6.41. The maximum Gasteiger partial charge on any atom is 0.306 e. The highest BCUT2D eigenvalue weighted by molar-refractivity contribution is 5.71. The number of hydrogen-bond donors (Lipinski definition) is 0. The molecule has 360 valence electrons. The second-order valence-corrected chi connectivity index (χ2v) is 17.1. The lowest BCUT2D eigenvalue weighted by molar-refractivity contribution is -0.167. The van der Waals surface area contributed by atoms with Crippen molar-refractivity contribution in [1.82, 2.24) is 0 Å². The fourth-order valence-corrected chi connectivity index (χ4v) is 6.99. The van der Waals surface area contributed by atoms with Gasteiger partial charge in [0.15, 0.2) is 6.10 Å². The van der Waals surface area contributed by atoms with Gasteiger partial charge in [0.05, 0.1) is 0 Å². The zero-order chi connectivity index (χ0) is 45.8. The van der Waals surface area contributed by atoms with Crippen LogP contribution in [0.5, 0.6) is 0 Å². The summed E-state index contributed by atoms with van der Waals surface area (Å²) in [5.41, 5.74) is 0. The first kappa shape index (κ1) is 59.6. The molecule has 0 aliphatic carbocycles. The van der Waals surface area contributed by atoms with Crippen LogP contribution in [0.3, 0.4) is 0 Å². The van der Waals surface area contributed by atoms with Crippen molar-refractivity contribution in [3.05, 3.63) is 85.1 Å². The van der Waals surface area contributed by atoms with Crippen molar-refractivity contribution < 1.29 is 28.6 Å². The van der Waals surface area contributed by atoms with E-state index in [1.807, 2.05) is 0 Å². The van der Waals surface area contributed by atoms with Crippen molar-refractivity contribution in [3.8, 4) is 0 Å². The number of rotatable bonds is 46. The highest BCUT2D eigenvalue weighted by Gasteiger charge is 2.19. The van der Waals surface area contributed by atoms with Gasteiger partial charge in [0.2, 0.25) is 0 Å². The highest BCUT2D eigenvalue weighted by Crippen LogP contribution is 2.14. The Morgan fingerprint density at radius 3 is 1.10 bits per heavy atom. The topological polar surface area (TPSA) is 78.9 Å². The minimum Gasteiger partial charge on any atom is -0.462 e. The summed E-state index contributed by atoms with van der Waals surface area (Å²) in [5, 5.41) is 0. The van der Waals surface area contributed by atoms with Crippen molar-refractivity contribution in [2.45, 2.75) is 245 Å². The van der Waals surface area contributed by atoms with E-state index in [1.54, 1.807) is 0 Å². The van der Waals surface area contributed by atoms with Gasteiger partial charge in [0, 0.05) is 19.3 Å². The van der Waals surface area contributed by atoms with Crippen LogP contribution in [0, 0.1) is 0 Å². The Kier molecular flexibility index (Phi) is 48.5. The maximum atomic E-state index is 12.8. The Balaban J connectivity index is 4.44. The molecule has 0 rings (SSSR count). The first-order valence-electron chi connectivity index (χ1n) is 26.1. The molecule has 0 fully saturated rings. The molecule has 0 amide bonds. The molecule has 1 unspecified atom stereocenters. The molecule has 0 N–H and O–H groups in total. The Bertz CT molecular complexity index is 1240. The van der Waals surface area contributed by atoms with Crippen molar-refractivity contribution >= 4 is 17.9 Å². The Morgan fingerprint density at radius 2 is 0.683 bits per heavy atom. The third-order valence-corrected chi connectivity index (χ3v) is 10.9. The molecule has 0 aromatic rings. The zero-order valence-electron chi connectivity index (χ0n) is 41.1. The summed E-state index contributed by atoms with van der Waals surface area (Å²) < 4.78 is 16.8. The molecule has 0 aliphatic rings. The third-order valence-electron chi connectivity index (χ3n) is 10.9. The number of ether oxygens (including phenoxy) is 3. The molecule has 63 heavy (non-hydrogen) atoms. The lowest BCUT2D eigenvalue weighted by atomic mass is 10.1. The zero-order valence-corrected chi connectivity index (χ0v) is 41.1. The standard InChI is InChI=1S/C57H96O6/c1-4-7-10-13-16-19-22-25-27-28-30-32-35-38-41-44-47-50-56(59)62-53-54(52-61-55(58)49-46-43-40-37-34-31-24-21-18-15-12-9-6-3)63-57(60)51-48-45-42-39-36-33-29-26-23-20-17-14-11-8-5-2/h9,12,15-21,23-27,54H,4-8,10-11,13-14,22,28-53H2,1-3H3/b12-9-,18-15-,19-16-,20-17-,24-21-,26-23-,27-25-. The molecule has 0 aromatic heterocycles. The molecule has 0 aromatic carbocycles. The van der Waals surface area contributed by atoms with Crippen molar-refractivity contribution in [2.24, 2.45) is 0 Å². The van der Waals surface area contributed by atoms with Crippen LogP contribution in [-0.2, 0) is 28.6 Å². The number of unbranched alkanes of at least 4 members (excludes halogenated alkanes) is 24. The summed E-state index contributed by atoms with van der Waals surface area (Å²) in [4.78, 5) is 38.0. The van der Waals surface area contributed by atoms with Crippen LogP contribution in [0.4, 0.5) is 0 Å². The average molecular weight is 877 g/mol. The van der Waals surface area contributed by atoms with E-state index in [9.17, 15) is 14.4 Å². The highest BCUT2D eigenvalue weighted by atomic mass is 16.6. The van der Waals surface area contributed by atoms with E-state index < -0.39 is 6.10 Å². The third kappa shape index (κ3) is 49.5. The van der Waals surface area contributed by atoms with E-state index in [-0.39, 0.29) is 31.1 Å². The first-order valence-corrected chi connectivity index (χ1v) is 26.1. The number of esters is 3. The van der Waals surface area contributed by atoms with E-state index in [1.165, 1.54) is 89.9 Å². The molecule has 6 nitrogen and oxygen atoms in total. The molecule has 0 radical (unpaired) electrons. The van der Waals surface area contributed by atoms with Gasteiger partial charge in [-0.05, 0) is 96.3 Å². The van der Waals surface area contributed by atoms with Crippen LogP contribution in [-0.4, -0.2) is 37.2 Å². The van der Waals surface area contributed by atoms with E-state index in [0.29, 0.717) is 19.3 Å². The Morgan fingerprint density at radius 1 is 0.349 bits per heavy atom. The lowest BCUT2D eigenvalue weighted by Crippen LogP contribution is -2.30. The first-order chi connectivity index (χ1) is 31.0. The number of carbonyl (C=O) groups is 3. The molecular weight excluding hydrogens is 781 g/mol. The minimum absolute atomic E-state index is 0.0929. The van der Waals surface area contributed by atoms with Gasteiger partial charge in [-0.25, -0.2) is 0 Å². The Hall–Kier alpha value is -3.41. The van der Waals surface area contributed by atoms with Crippen LogP contribution in [0.2, 0.25) is 0 Å². The van der Waals surface area contributed by atoms with E-state index >= 15 is 0 Å². The lowest BCUT2D eigenvalue weighted by Gasteiger charge is -2.18. The molecule has 0 saturated heterocycles. The molecule has 1 atom stereocenters. The summed E-state index contributed by atoms with van der Waals surface area (Å²) in [6.07, 6.45) is 65.6. The average Bonchev–Trinajstić information content (AvgIpc) is 3.28. The van der Waals surface area contributed by atoms with Gasteiger partial charge in [0.1, 0.15) is 13.2 Å². The molecule has 0 spiro atoms. The van der Waals surface area contributed by atoms with Crippen LogP contribution < -0.4 is 0 Å². The monoisotopic (exact) mass is 877 g/mol. The van der Waals surface area contributed by atoms with E-state index in [0.717, 1.165) is 109 Å². The van der Waals surface area contributed by atoms with Gasteiger partial charge in [-0.15, -0.1) is 0 Å². The normalized spacial score (nSPS) is 12.7. The van der Waals surface area contributed by atoms with Crippen molar-refractivity contribution in [3.63, 3.8) is 0 Å². The predicted octanol–water partition coefficient (Wildman–Crippen LogP) is 17.2. The maximum absolute atomic E-state index is 12.8. The molecular formula is C57H96O6. The fourth-order valence-electron chi connectivity index (χ4n) is 6.99. The van der Waals surface area contributed by atoms with Crippen molar-refractivity contribution in [2.75, 3.05) is 13.2 Å². The predicted molar refractivity (Wildman–Crippen MR) is 270 cm³/mol. The van der Waals surface area contributed by atoms with Gasteiger partial charge in [-0.2, -0.15) is 0 Å². The summed E-state index contributed by atoms with van der Waals surface area (Å²) >= 11 is 0. The number of hydrogen-bond acceptors (Lipinski definition) is 6. The van der Waals surface area contributed by atoms with E-state index in [4.69, 9.17) is 14.2 Å². The van der Waals surface area contributed by atoms with Crippen LogP contribution in [0.15, 0.2) is 85.1 Å². The minimum atomic E-state index is -0.794. The Labute approximate surface area is 388 Å². The molecule has 6 heteroatoms. The molecule has 0 aliphatic heterocycles. The summed E-state index contributed by atoms with van der Waals surface area (Å²) in [6, 6.07) is 0. The second-order valence-electron chi connectivity index (χ2n) is 17.1. The van der Waals surface area contributed by atoms with Crippen LogP contribution in [0.25, 0.3) is 0 Å². The SMILES string of the molecule is CC\C=C/C=C\C=C/CCCCCCCC(=O)OCC(COC(=O)CCCCCCCCC/C=C\C/C=C\CCCCC)OC(=O)CCCCCCCC/C=C\C=C/CCCCC. The van der Waals surface area contributed by atoms with E-state index in [2.05, 4.69) is 106 Å². The quantitative estimate of drug-likeness (QED) is 0.0199. The fraction of sp³-hybridized carbons (Fsp3) is 0.702. The molecule has 0 heterocycles. The van der Waals surface area contributed by atoms with Crippen molar-refractivity contribution in [1.29, 1.82) is 0 Å². The van der Waals surface area contributed by atoms with Gasteiger partial charge < -0.3 is 14.2 Å². The molecule has 0 saturated carbocycles. The molecule has 0 bridgehead atoms. The number of carbonyl (C=O) groups excluding carboxylic acids is 3. The van der Waals surface area contributed by atoms with Gasteiger partial charge in [0.25, 0.3) is 0 Å². The van der Waals surface area contributed by atoms with Crippen LogP contribution >= 0.6 is 0 Å². The summed E-state index contributed by atoms with van der Waals surface area (Å²) in [7, 11) is 0. The summed E-state index contributed by atoms with van der Waals surface area (Å²) in [5.74, 6) is -0.933.